The number of carbonyl (C=O) groups is 1. The second-order valence-corrected chi connectivity index (χ2v) is 4.47. The van der Waals surface area contributed by atoms with Crippen LogP contribution in [0.4, 0.5) is 5.13 Å². The third kappa shape index (κ3) is 2.89. The van der Waals surface area contributed by atoms with Gasteiger partial charge in [0.05, 0.1) is 5.41 Å². The number of nitrogens with zero attached hydrogens (tertiary/aromatic N) is 2. The van der Waals surface area contributed by atoms with E-state index in [9.17, 15) is 4.79 Å². The number of aryl methyl sites for hydroxylation is 1. The summed E-state index contributed by atoms with van der Waals surface area (Å²) in [7, 11) is 0. The topological polar surface area (TPSA) is 75.1 Å². The molecule has 0 saturated heterocycles. The van der Waals surface area contributed by atoms with Crippen LogP contribution in [0.1, 0.15) is 26.1 Å². The highest BCUT2D eigenvalue weighted by Crippen LogP contribution is 2.22. The van der Waals surface area contributed by atoms with Crippen molar-refractivity contribution >= 4 is 22.6 Å². The molecule has 0 spiro atoms. The van der Waals surface area contributed by atoms with E-state index >= 15 is 0 Å². The summed E-state index contributed by atoms with van der Waals surface area (Å²) in [6.07, 6.45) is 0.577. The van der Waals surface area contributed by atoms with E-state index in [1.165, 1.54) is 11.5 Å². The summed E-state index contributed by atoms with van der Waals surface area (Å²) in [4.78, 5) is 15.1. The van der Waals surface area contributed by atoms with Crippen LogP contribution in [0.2, 0.25) is 0 Å². The molecule has 0 aromatic carbocycles. The minimum atomic E-state index is -0.793. The minimum absolute atomic E-state index is 0.369. The van der Waals surface area contributed by atoms with Gasteiger partial charge in [0.2, 0.25) is 5.13 Å². The molecule has 0 aliphatic heterocycles. The molecule has 0 fully saturated rings. The summed E-state index contributed by atoms with van der Waals surface area (Å²) >= 11 is 1.25. The summed E-state index contributed by atoms with van der Waals surface area (Å²) in [5.41, 5.74) is -0.750. The molecule has 84 valence electrons. The Bertz CT molecular complexity index is 353. The number of nitrogens with one attached hydrogen (secondary N) is 1. The van der Waals surface area contributed by atoms with Gasteiger partial charge in [-0.25, -0.2) is 4.98 Å². The van der Waals surface area contributed by atoms with Crippen molar-refractivity contribution in [2.75, 3.05) is 11.9 Å². The van der Waals surface area contributed by atoms with Gasteiger partial charge in [0.15, 0.2) is 0 Å². The zero-order valence-electron chi connectivity index (χ0n) is 9.07. The largest absolute Gasteiger partial charge is 0.481 e. The highest BCUT2D eigenvalue weighted by molar-refractivity contribution is 7.09. The average Bonchev–Trinajstić information content (AvgIpc) is 2.60. The van der Waals surface area contributed by atoms with Gasteiger partial charge in [-0.1, -0.05) is 6.92 Å². The van der Waals surface area contributed by atoms with Gasteiger partial charge in [-0.3, -0.25) is 4.79 Å². The SMILES string of the molecule is CCC(C)(CNc1nc(C)ns1)C(=O)O. The van der Waals surface area contributed by atoms with Crippen LogP contribution < -0.4 is 5.32 Å². The lowest BCUT2D eigenvalue weighted by Crippen LogP contribution is -2.34. The van der Waals surface area contributed by atoms with E-state index in [0.29, 0.717) is 23.9 Å². The fourth-order valence-corrected chi connectivity index (χ4v) is 1.56. The number of aromatic nitrogens is 2. The van der Waals surface area contributed by atoms with Crippen molar-refractivity contribution in [2.24, 2.45) is 5.41 Å². The van der Waals surface area contributed by atoms with Crippen molar-refractivity contribution in [1.82, 2.24) is 9.36 Å². The molecule has 2 N–H and O–H groups in total. The minimum Gasteiger partial charge on any atom is -0.481 e. The van der Waals surface area contributed by atoms with Gasteiger partial charge in [-0.2, -0.15) is 4.37 Å². The van der Waals surface area contributed by atoms with Crippen LogP contribution in [0.25, 0.3) is 0 Å². The molecule has 0 radical (unpaired) electrons. The van der Waals surface area contributed by atoms with Crippen LogP contribution in [-0.2, 0) is 4.79 Å². The Kier molecular flexibility index (Phi) is 3.62. The first-order valence-corrected chi connectivity index (χ1v) is 5.53. The third-order valence-corrected chi connectivity index (χ3v) is 3.22. The number of hydrogen-bond donors (Lipinski definition) is 2. The predicted octanol–water partition coefficient (Wildman–Crippen LogP) is 1.76. The van der Waals surface area contributed by atoms with Gasteiger partial charge in [0, 0.05) is 18.1 Å². The van der Waals surface area contributed by atoms with Crippen LogP contribution in [-0.4, -0.2) is 27.0 Å². The van der Waals surface area contributed by atoms with Crippen molar-refractivity contribution in [1.29, 1.82) is 0 Å². The maximum absolute atomic E-state index is 11.0. The molecule has 1 aromatic heterocycles. The van der Waals surface area contributed by atoms with Crippen molar-refractivity contribution in [3.8, 4) is 0 Å². The molecule has 1 rings (SSSR count). The average molecular weight is 229 g/mol. The van der Waals surface area contributed by atoms with Gasteiger partial charge in [0.25, 0.3) is 0 Å². The molecule has 1 aromatic rings. The Morgan fingerprint density at radius 3 is 2.73 bits per heavy atom. The molecule has 0 amide bonds. The van der Waals surface area contributed by atoms with Crippen molar-refractivity contribution in [3.05, 3.63) is 5.82 Å². The maximum atomic E-state index is 11.0. The van der Waals surface area contributed by atoms with Gasteiger partial charge < -0.3 is 10.4 Å². The van der Waals surface area contributed by atoms with Crippen LogP contribution in [0.5, 0.6) is 0 Å². The Morgan fingerprint density at radius 2 is 2.33 bits per heavy atom. The first-order chi connectivity index (χ1) is 6.98. The predicted molar refractivity (Wildman–Crippen MR) is 59.2 cm³/mol. The molecule has 1 atom stereocenters. The van der Waals surface area contributed by atoms with Gasteiger partial charge in [0.1, 0.15) is 5.82 Å². The molecule has 6 heteroatoms. The van der Waals surface area contributed by atoms with E-state index in [2.05, 4.69) is 14.7 Å². The van der Waals surface area contributed by atoms with Crippen LogP contribution in [0, 0.1) is 12.3 Å². The second kappa shape index (κ2) is 4.57. The summed E-state index contributed by atoms with van der Waals surface area (Å²) in [5.74, 6) is -0.0882. The lowest BCUT2D eigenvalue weighted by Gasteiger charge is -2.22. The molecule has 0 saturated carbocycles. The third-order valence-electron chi connectivity index (χ3n) is 2.45. The number of carboxylic acid groups (broad SMARTS) is 1. The highest BCUT2D eigenvalue weighted by atomic mass is 32.1. The van der Waals surface area contributed by atoms with Crippen LogP contribution in [0.15, 0.2) is 0 Å². The standard InChI is InChI=1S/C9H15N3O2S/c1-4-9(3,7(13)14)5-10-8-11-6(2)12-15-8/h4-5H2,1-3H3,(H,13,14)(H,10,11,12). The molecular formula is C9H15N3O2S. The van der Waals surface area contributed by atoms with E-state index in [-0.39, 0.29) is 0 Å². The smallest absolute Gasteiger partial charge is 0.311 e. The molecule has 15 heavy (non-hydrogen) atoms. The van der Waals surface area contributed by atoms with E-state index in [1.807, 2.05) is 6.92 Å². The van der Waals surface area contributed by atoms with E-state index in [4.69, 9.17) is 5.11 Å². The summed E-state index contributed by atoms with van der Waals surface area (Å²) in [5, 5.41) is 12.7. The first-order valence-electron chi connectivity index (χ1n) is 4.75. The Morgan fingerprint density at radius 1 is 1.67 bits per heavy atom. The molecule has 0 bridgehead atoms. The lowest BCUT2D eigenvalue weighted by molar-refractivity contribution is -0.147. The maximum Gasteiger partial charge on any atom is 0.311 e. The van der Waals surface area contributed by atoms with Crippen molar-refractivity contribution < 1.29 is 9.90 Å². The zero-order chi connectivity index (χ0) is 11.5. The lowest BCUT2D eigenvalue weighted by atomic mass is 9.88. The number of aliphatic carboxylic acids is 1. The monoisotopic (exact) mass is 229 g/mol. The Balaban J connectivity index is 2.59. The van der Waals surface area contributed by atoms with Crippen molar-refractivity contribution in [2.45, 2.75) is 27.2 Å². The molecule has 1 unspecified atom stereocenters. The van der Waals surface area contributed by atoms with Crippen LogP contribution in [0.3, 0.4) is 0 Å². The summed E-state index contributed by atoms with van der Waals surface area (Å²) in [6, 6.07) is 0. The highest BCUT2D eigenvalue weighted by Gasteiger charge is 2.31. The molecule has 0 aliphatic carbocycles. The Labute approximate surface area is 92.7 Å². The molecule has 0 aliphatic rings. The fourth-order valence-electron chi connectivity index (χ4n) is 0.991. The van der Waals surface area contributed by atoms with Crippen LogP contribution >= 0.6 is 11.5 Å². The molecule has 1 heterocycles. The van der Waals surface area contributed by atoms with Gasteiger partial charge >= 0.3 is 5.97 Å². The number of carboxylic acids is 1. The van der Waals surface area contributed by atoms with Gasteiger partial charge in [-0.05, 0) is 20.3 Å². The summed E-state index contributed by atoms with van der Waals surface area (Å²) < 4.78 is 4.01. The van der Waals surface area contributed by atoms with E-state index in [0.717, 1.165) is 0 Å². The normalized spacial score (nSPS) is 14.6. The van der Waals surface area contributed by atoms with Crippen molar-refractivity contribution in [3.63, 3.8) is 0 Å². The fraction of sp³-hybridized carbons (Fsp3) is 0.667. The number of rotatable bonds is 5. The van der Waals surface area contributed by atoms with E-state index < -0.39 is 11.4 Å². The van der Waals surface area contributed by atoms with Gasteiger partial charge in [-0.15, -0.1) is 0 Å². The molecular weight excluding hydrogens is 214 g/mol. The Hall–Kier alpha value is -1.17. The number of anilines is 1. The van der Waals surface area contributed by atoms with E-state index in [1.54, 1.807) is 13.8 Å². The number of hydrogen-bond acceptors (Lipinski definition) is 5. The second-order valence-electron chi connectivity index (χ2n) is 3.72. The quantitative estimate of drug-likeness (QED) is 0.804. The summed E-state index contributed by atoms with van der Waals surface area (Å²) in [6.45, 7) is 5.75. The zero-order valence-corrected chi connectivity index (χ0v) is 9.89. The molecule has 5 nitrogen and oxygen atoms in total. The first kappa shape index (κ1) is 11.9.